The highest BCUT2D eigenvalue weighted by atomic mass is 15.1. The maximum absolute atomic E-state index is 3.56. The smallest absolute Gasteiger partial charge is 0.0461 e. The Morgan fingerprint density at radius 1 is 1.16 bits per heavy atom. The zero-order valence-electron chi connectivity index (χ0n) is 11.0. The molecule has 2 nitrogen and oxygen atoms in total. The van der Waals surface area contributed by atoms with Crippen molar-refractivity contribution >= 4 is 17.0 Å². The molecule has 2 heteroatoms. The van der Waals surface area contributed by atoms with Gasteiger partial charge in [0, 0.05) is 42.1 Å². The molecule has 0 fully saturated rings. The van der Waals surface area contributed by atoms with Crippen LogP contribution in [-0.2, 0) is 6.42 Å². The summed E-state index contributed by atoms with van der Waals surface area (Å²) in [6.07, 6.45) is 10.4. The van der Waals surface area contributed by atoms with Crippen molar-refractivity contribution in [1.82, 2.24) is 9.88 Å². The summed E-state index contributed by atoms with van der Waals surface area (Å²) in [5.74, 6) is 0.561. The molecular formula is C17H18N2. The molecule has 3 heterocycles. The lowest BCUT2D eigenvalue weighted by molar-refractivity contribution is 0.281. The molecule has 4 rings (SSSR count). The third-order valence-corrected chi connectivity index (χ3v) is 4.25. The number of para-hydroxylation sites is 1. The first-order valence-electron chi connectivity index (χ1n) is 7.07. The van der Waals surface area contributed by atoms with Crippen LogP contribution < -0.4 is 0 Å². The Balaban J connectivity index is 1.84. The molecule has 0 saturated heterocycles. The minimum absolute atomic E-state index is 0.561. The first kappa shape index (κ1) is 11.1. The van der Waals surface area contributed by atoms with E-state index in [0.717, 1.165) is 26.1 Å². The van der Waals surface area contributed by atoms with Crippen LogP contribution in [0.1, 0.15) is 11.3 Å². The van der Waals surface area contributed by atoms with Crippen LogP contribution in [0.25, 0.3) is 17.0 Å². The van der Waals surface area contributed by atoms with Gasteiger partial charge in [-0.1, -0.05) is 36.4 Å². The Morgan fingerprint density at radius 3 is 3.11 bits per heavy atom. The average Bonchev–Trinajstić information content (AvgIpc) is 2.82. The van der Waals surface area contributed by atoms with Gasteiger partial charge in [-0.05, 0) is 24.1 Å². The van der Waals surface area contributed by atoms with Gasteiger partial charge >= 0.3 is 0 Å². The van der Waals surface area contributed by atoms with Crippen LogP contribution in [0.2, 0.25) is 0 Å². The molecule has 0 aliphatic carbocycles. The van der Waals surface area contributed by atoms with Gasteiger partial charge in [0.15, 0.2) is 0 Å². The molecule has 1 N–H and O–H groups in total. The predicted molar refractivity (Wildman–Crippen MR) is 80.1 cm³/mol. The van der Waals surface area contributed by atoms with E-state index in [1.807, 2.05) is 0 Å². The van der Waals surface area contributed by atoms with E-state index in [1.54, 1.807) is 0 Å². The lowest BCUT2D eigenvalue weighted by Gasteiger charge is -2.26. The molecule has 96 valence electrons. The number of rotatable bonds is 0. The van der Waals surface area contributed by atoms with Crippen LogP contribution in [-0.4, -0.2) is 29.5 Å². The van der Waals surface area contributed by atoms with Gasteiger partial charge in [-0.15, -0.1) is 0 Å². The Labute approximate surface area is 113 Å². The van der Waals surface area contributed by atoms with E-state index in [-0.39, 0.29) is 0 Å². The van der Waals surface area contributed by atoms with Crippen LogP contribution in [0.4, 0.5) is 0 Å². The largest absolute Gasteiger partial charge is 0.355 e. The van der Waals surface area contributed by atoms with Gasteiger partial charge in [0.25, 0.3) is 0 Å². The molecule has 1 aromatic heterocycles. The maximum Gasteiger partial charge on any atom is 0.0461 e. The number of hydrogen-bond acceptors (Lipinski definition) is 1. The summed E-state index contributed by atoms with van der Waals surface area (Å²) < 4.78 is 0. The Morgan fingerprint density at radius 2 is 2.11 bits per heavy atom. The fourth-order valence-electron chi connectivity index (χ4n) is 3.25. The first-order valence-corrected chi connectivity index (χ1v) is 7.07. The molecule has 0 saturated carbocycles. The average molecular weight is 250 g/mol. The number of H-pyrrole nitrogens is 1. The topological polar surface area (TPSA) is 19.0 Å². The van der Waals surface area contributed by atoms with Crippen molar-refractivity contribution in [2.45, 2.75) is 6.42 Å². The highest BCUT2D eigenvalue weighted by Crippen LogP contribution is 2.26. The molecule has 2 bridgehead atoms. The lowest BCUT2D eigenvalue weighted by atomic mass is 10.0. The van der Waals surface area contributed by atoms with Crippen molar-refractivity contribution < 1.29 is 0 Å². The van der Waals surface area contributed by atoms with Crippen molar-refractivity contribution in [3.05, 3.63) is 53.8 Å². The van der Waals surface area contributed by atoms with Gasteiger partial charge in [0.1, 0.15) is 0 Å². The number of aromatic amines is 1. The van der Waals surface area contributed by atoms with E-state index in [9.17, 15) is 0 Å². The number of fused-ring (bicyclic) bond motifs is 5. The zero-order chi connectivity index (χ0) is 12.7. The second-order valence-electron chi connectivity index (χ2n) is 5.52. The number of nitrogens with zero attached hydrogens (tertiary/aromatic N) is 1. The van der Waals surface area contributed by atoms with E-state index >= 15 is 0 Å². The van der Waals surface area contributed by atoms with Crippen LogP contribution in [0.5, 0.6) is 0 Å². The third-order valence-electron chi connectivity index (χ3n) is 4.25. The van der Waals surface area contributed by atoms with E-state index in [2.05, 4.69) is 58.5 Å². The lowest BCUT2D eigenvalue weighted by Crippen LogP contribution is -2.33. The highest BCUT2D eigenvalue weighted by molar-refractivity contribution is 5.87. The van der Waals surface area contributed by atoms with Gasteiger partial charge in [-0.2, -0.15) is 0 Å². The molecule has 2 aromatic rings. The second kappa shape index (κ2) is 4.39. The quantitative estimate of drug-likeness (QED) is 0.711. The number of nitrogens with one attached hydrogen (secondary N) is 1. The molecule has 2 unspecified atom stereocenters. The standard InChI is InChI=1S/C17H18N2/c1-2-6-16-14(5-1)15-9-11-19-10-3-4-13(12-19)7-8-17(15)18-16/h1-8,13,18H,9-12H2. The van der Waals surface area contributed by atoms with E-state index < -0.39 is 0 Å². The monoisotopic (exact) mass is 250 g/mol. The van der Waals surface area contributed by atoms with Gasteiger partial charge in [-0.25, -0.2) is 0 Å². The fraction of sp³-hybridized carbons (Fsp3) is 0.294. The minimum atomic E-state index is 0.561. The Bertz CT molecular complexity index is 663. The highest BCUT2D eigenvalue weighted by Gasteiger charge is 2.17. The molecule has 0 spiro atoms. The van der Waals surface area contributed by atoms with Gasteiger partial charge < -0.3 is 4.98 Å². The van der Waals surface area contributed by atoms with Crippen molar-refractivity contribution in [3.8, 4) is 0 Å². The van der Waals surface area contributed by atoms with Crippen LogP contribution in [0.15, 0.2) is 42.5 Å². The minimum Gasteiger partial charge on any atom is -0.355 e. The summed E-state index contributed by atoms with van der Waals surface area (Å²) in [4.78, 5) is 6.11. The van der Waals surface area contributed by atoms with Crippen molar-refractivity contribution in [1.29, 1.82) is 0 Å². The summed E-state index contributed by atoms with van der Waals surface area (Å²) in [6.45, 7) is 3.41. The van der Waals surface area contributed by atoms with E-state index in [4.69, 9.17) is 0 Å². The zero-order valence-corrected chi connectivity index (χ0v) is 11.0. The molecule has 2 aliphatic heterocycles. The normalized spacial score (nSPS) is 25.7. The van der Waals surface area contributed by atoms with Crippen molar-refractivity contribution in [2.75, 3.05) is 19.6 Å². The van der Waals surface area contributed by atoms with Gasteiger partial charge in [-0.3, -0.25) is 4.90 Å². The second-order valence-corrected chi connectivity index (χ2v) is 5.52. The summed E-state index contributed by atoms with van der Waals surface area (Å²) in [5, 5.41) is 1.38. The van der Waals surface area contributed by atoms with Gasteiger partial charge in [0.05, 0.1) is 0 Å². The van der Waals surface area contributed by atoms with Crippen LogP contribution >= 0.6 is 0 Å². The SMILES string of the molecule is C1=CC2C=Cc3[nH]c4ccccc4c3CCN(C1)C2. The fourth-order valence-corrected chi connectivity index (χ4v) is 3.25. The van der Waals surface area contributed by atoms with Crippen LogP contribution in [0.3, 0.4) is 0 Å². The Kier molecular flexibility index (Phi) is 2.56. The number of hydrogen-bond donors (Lipinski definition) is 1. The van der Waals surface area contributed by atoms with Gasteiger partial charge in [0.2, 0.25) is 0 Å². The predicted octanol–water partition coefficient (Wildman–Crippen LogP) is 3.23. The molecule has 0 amide bonds. The summed E-state index contributed by atoms with van der Waals surface area (Å²) >= 11 is 0. The van der Waals surface area contributed by atoms with Crippen molar-refractivity contribution in [2.24, 2.45) is 5.92 Å². The summed E-state index contributed by atoms with van der Waals surface area (Å²) in [7, 11) is 0. The maximum atomic E-state index is 3.56. The summed E-state index contributed by atoms with van der Waals surface area (Å²) in [6, 6.07) is 8.63. The van der Waals surface area contributed by atoms with Crippen LogP contribution in [0, 0.1) is 5.92 Å². The molecule has 2 aliphatic rings. The third kappa shape index (κ3) is 1.92. The molecular weight excluding hydrogens is 232 g/mol. The molecule has 2 atom stereocenters. The summed E-state index contributed by atoms with van der Waals surface area (Å²) in [5.41, 5.74) is 4.02. The molecule has 19 heavy (non-hydrogen) atoms. The molecule has 1 aromatic carbocycles. The number of benzene rings is 1. The van der Waals surface area contributed by atoms with E-state index in [1.165, 1.54) is 22.2 Å². The first-order chi connectivity index (χ1) is 9.40. The van der Waals surface area contributed by atoms with Crippen molar-refractivity contribution in [3.63, 3.8) is 0 Å². The van der Waals surface area contributed by atoms with E-state index in [0.29, 0.717) is 5.92 Å². The molecule has 0 radical (unpaired) electrons. The Hall–Kier alpha value is -1.80. The number of aromatic nitrogens is 1.